The van der Waals surface area contributed by atoms with Crippen molar-refractivity contribution in [3.8, 4) is 11.5 Å². The van der Waals surface area contributed by atoms with Crippen LogP contribution in [-0.4, -0.2) is 79.3 Å². The average Bonchev–Trinajstić information content (AvgIpc) is 3.23. The number of nitrogens with two attached hydrogens (primary N) is 1. The molecule has 43 heavy (non-hydrogen) atoms. The van der Waals surface area contributed by atoms with Gasteiger partial charge < -0.3 is 39.8 Å². The van der Waals surface area contributed by atoms with E-state index in [4.69, 9.17) is 19.9 Å². The second kappa shape index (κ2) is 13.8. The Labute approximate surface area is 249 Å². The van der Waals surface area contributed by atoms with Gasteiger partial charge in [-0.1, -0.05) is 12.1 Å². The molecular weight excluding hydrogens is 571 g/mol. The molecule has 1 aliphatic rings. The van der Waals surface area contributed by atoms with Gasteiger partial charge in [-0.15, -0.1) is 0 Å². The number of para-hydroxylation sites is 2. The van der Waals surface area contributed by atoms with Gasteiger partial charge in [0.25, 0.3) is 5.91 Å². The van der Waals surface area contributed by atoms with E-state index in [9.17, 15) is 33.1 Å². The molecule has 0 saturated heterocycles. The van der Waals surface area contributed by atoms with Gasteiger partial charge in [0.15, 0.2) is 18.1 Å². The first kappa shape index (κ1) is 33.9. The number of primary amides is 1. The zero-order valence-electron chi connectivity index (χ0n) is 24.9. The number of quaternary nitrogens is 1. The summed E-state index contributed by atoms with van der Waals surface area (Å²) in [7, 11) is 0. The van der Waals surface area contributed by atoms with Gasteiger partial charge in [0.05, 0.1) is 19.6 Å². The first-order valence-electron chi connectivity index (χ1n) is 14.1. The number of carbonyl (C=O) groups excluding carboxylic acids is 2. The molecule has 13 heteroatoms. The topological polar surface area (TPSA) is 134 Å². The fraction of sp³-hybridized carbons (Fsp3) is 0.533. The van der Waals surface area contributed by atoms with Gasteiger partial charge in [0.2, 0.25) is 0 Å². The third kappa shape index (κ3) is 9.47. The van der Waals surface area contributed by atoms with Crippen molar-refractivity contribution < 1.29 is 42.1 Å². The molecule has 238 valence electrons. The standard InChI is InChI=1S/C30H40F3N3O7/c1-20(16-21-17-22-10-13-36(40,12-7-14-37)26(22)23(18-21)27(34)38)35(28(39)43-29(2,3)4)11-15-41-24-8-5-6-9-25(24)42-19-30(31,32)33/h5-6,8-9,17-18,20,37H,7,10-16,19H2,1-4H3,(H2,34,38)/t20-,36?/m1/s1. The molecule has 0 spiro atoms. The summed E-state index contributed by atoms with van der Waals surface area (Å²) in [5.41, 5.74) is 6.71. The van der Waals surface area contributed by atoms with Crippen LogP contribution in [0.1, 0.15) is 55.6 Å². The molecule has 3 rings (SSSR count). The number of aliphatic hydroxyl groups excluding tert-OH is 1. The van der Waals surface area contributed by atoms with E-state index in [1.54, 1.807) is 39.8 Å². The quantitative estimate of drug-likeness (QED) is 0.247. The molecule has 0 aliphatic carbocycles. The first-order valence-corrected chi connectivity index (χ1v) is 14.1. The SMILES string of the molecule is C[C@H](Cc1cc2c(c(C(N)=O)c1)[N+]([O-])(CCCO)CC2)N(CCOc1ccccc1OCC(F)(F)F)C(=O)OC(C)(C)C. The highest BCUT2D eigenvalue weighted by Gasteiger charge is 2.36. The minimum atomic E-state index is -4.52. The summed E-state index contributed by atoms with van der Waals surface area (Å²) in [6, 6.07) is 8.88. The second-order valence-electron chi connectivity index (χ2n) is 11.6. The van der Waals surface area contributed by atoms with Crippen molar-refractivity contribution in [2.75, 3.05) is 39.5 Å². The Hall–Kier alpha value is -3.55. The van der Waals surface area contributed by atoms with E-state index in [0.717, 1.165) is 0 Å². The smallest absolute Gasteiger partial charge is 0.422 e. The summed E-state index contributed by atoms with van der Waals surface area (Å²) in [5, 5.41) is 22.7. The highest BCUT2D eigenvalue weighted by Crippen LogP contribution is 2.39. The van der Waals surface area contributed by atoms with Crippen LogP contribution in [0.25, 0.3) is 0 Å². The van der Waals surface area contributed by atoms with Crippen LogP contribution >= 0.6 is 0 Å². The molecule has 1 heterocycles. The van der Waals surface area contributed by atoms with Gasteiger partial charge in [-0.05, 0) is 63.9 Å². The van der Waals surface area contributed by atoms with Crippen LogP contribution in [0.4, 0.5) is 23.7 Å². The molecule has 10 nitrogen and oxygen atoms in total. The number of fused-ring (bicyclic) bond motifs is 1. The second-order valence-corrected chi connectivity index (χ2v) is 11.6. The summed E-state index contributed by atoms with van der Waals surface area (Å²) in [4.78, 5) is 27.1. The third-order valence-electron chi connectivity index (χ3n) is 6.86. The van der Waals surface area contributed by atoms with Crippen molar-refractivity contribution in [2.45, 2.75) is 64.8 Å². The molecule has 2 atom stereocenters. The predicted molar refractivity (Wildman–Crippen MR) is 155 cm³/mol. The number of amides is 2. The van der Waals surface area contributed by atoms with Gasteiger partial charge in [0.1, 0.15) is 23.5 Å². The summed E-state index contributed by atoms with van der Waals surface area (Å²) in [5.74, 6) is -0.729. The van der Waals surface area contributed by atoms with Crippen molar-refractivity contribution in [2.24, 2.45) is 5.73 Å². The van der Waals surface area contributed by atoms with Crippen molar-refractivity contribution >= 4 is 17.7 Å². The molecular formula is C30H40F3N3O7. The lowest BCUT2D eigenvalue weighted by atomic mass is 9.97. The van der Waals surface area contributed by atoms with Gasteiger partial charge in [-0.25, -0.2) is 4.79 Å². The zero-order chi connectivity index (χ0) is 32.0. The fourth-order valence-corrected chi connectivity index (χ4v) is 5.07. The molecule has 2 amide bonds. The van der Waals surface area contributed by atoms with Gasteiger partial charge in [-0.2, -0.15) is 13.2 Å². The normalized spacial score (nSPS) is 17.2. The molecule has 0 radical (unpaired) electrons. The number of halogens is 3. The number of hydroxylamine groups is 2. The van der Waals surface area contributed by atoms with Crippen LogP contribution in [-0.2, 0) is 17.6 Å². The van der Waals surface area contributed by atoms with Crippen LogP contribution in [0.2, 0.25) is 0 Å². The Balaban J connectivity index is 1.81. The molecule has 1 unspecified atom stereocenters. The van der Waals surface area contributed by atoms with Crippen LogP contribution in [0.3, 0.4) is 0 Å². The highest BCUT2D eigenvalue weighted by molar-refractivity contribution is 5.99. The number of hydrogen-bond acceptors (Lipinski definition) is 7. The monoisotopic (exact) mass is 611 g/mol. The number of alkyl halides is 3. The number of nitrogens with zero attached hydrogens (tertiary/aromatic N) is 2. The molecule has 0 saturated carbocycles. The maximum Gasteiger partial charge on any atom is 0.422 e. The lowest BCUT2D eigenvalue weighted by Gasteiger charge is -2.39. The maximum absolute atomic E-state index is 13.5. The molecule has 0 aromatic heterocycles. The summed E-state index contributed by atoms with van der Waals surface area (Å²) < 4.78 is 53.5. The molecule has 1 aliphatic heterocycles. The van der Waals surface area contributed by atoms with Crippen molar-refractivity contribution in [3.63, 3.8) is 0 Å². The minimum Gasteiger partial charge on any atom is -0.627 e. The van der Waals surface area contributed by atoms with Crippen molar-refractivity contribution in [1.82, 2.24) is 9.55 Å². The van der Waals surface area contributed by atoms with Crippen LogP contribution in [0.5, 0.6) is 11.5 Å². The first-order chi connectivity index (χ1) is 20.0. The largest absolute Gasteiger partial charge is 0.627 e. The number of hydrogen-bond donors (Lipinski definition) is 2. The van der Waals surface area contributed by atoms with E-state index in [0.29, 0.717) is 23.2 Å². The minimum absolute atomic E-state index is 0.0268. The highest BCUT2D eigenvalue weighted by atomic mass is 19.4. The molecule has 0 bridgehead atoms. The van der Waals surface area contributed by atoms with Crippen molar-refractivity contribution in [3.05, 3.63) is 58.3 Å². The Morgan fingerprint density at radius 3 is 2.37 bits per heavy atom. The predicted octanol–water partition coefficient (Wildman–Crippen LogP) is 4.72. The lowest BCUT2D eigenvalue weighted by Crippen LogP contribution is -2.45. The van der Waals surface area contributed by atoms with Gasteiger partial charge in [0, 0.05) is 31.1 Å². The maximum atomic E-state index is 13.5. The van der Waals surface area contributed by atoms with E-state index < -0.39 is 41.1 Å². The third-order valence-corrected chi connectivity index (χ3v) is 6.86. The van der Waals surface area contributed by atoms with E-state index in [1.807, 2.05) is 6.07 Å². The summed E-state index contributed by atoms with van der Waals surface area (Å²) in [6.45, 7) is 5.64. The van der Waals surface area contributed by atoms with Gasteiger partial charge in [-0.3, -0.25) is 4.79 Å². The number of ether oxygens (including phenoxy) is 3. The number of benzene rings is 2. The molecule has 2 aromatic rings. The Morgan fingerprint density at radius 2 is 1.79 bits per heavy atom. The Bertz CT molecular complexity index is 1280. The van der Waals surface area contributed by atoms with E-state index >= 15 is 0 Å². The van der Waals surface area contributed by atoms with E-state index in [2.05, 4.69) is 0 Å². The molecule has 0 fully saturated rings. The van der Waals surface area contributed by atoms with E-state index in [-0.39, 0.29) is 62.8 Å². The number of rotatable bonds is 13. The summed E-state index contributed by atoms with van der Waals surface area (Å²) in [6.07, 6.45) is -4.14. The average molecular weight is 612 g/mol. The van der Waals surface area contributed by atoms with Crippen molar-refractivity contribution in [1.29, 1.82) is 0 Å². The number of aliphatic hydroxyl groups is 1. The lowest BCUT2D eigenvalue weighted by molar-refractivity contribution is -0.153. The van der Waals surface area contributed by atoms with Crippen LogP contribution in [0, 0.1) is 5.21 Å². The fourth-order valence-electron chi connectivity index (χ4n) is 5.07. The van der Waals surface area contributed by atoms with Crippen LogP contribution < -0.4 is 19.9 Å². The Kier molecular flexibility index (Phi) is 10.9. The summed E-state index contributed by atoms with van der Waals surface area (Å²) >= 11 is 0. The molecule has 2 aromatic carbocycles. The molecule has 3 N–H and O–H groups in total. The Morgan fingerprint density at radius 1 is 1.14 bits per heavy atom. The number of carbonyl (C=O) groups is 2. The van der Waals surface area contributed by atoms with E-state index in [1.165, 1.54) is 23.1 Å². The van der Waals surface area contributed by atoms with Gasteiger partial charge >= 0.3 is 12.3 Å². The zero-order valence-corrected chi connectivity index (χ0v) is 24.9. The van der Waals surface area contributed by atoms with Crippen LogP contribution in [0.15, 0.2) is 36.4 Å².